The molecule has 11 nitrogen and oxygen atoms in total. The first-order valence-corrected chi connectivity index (χ1v) is 13.5. The van der Waals surface area contributed by atoms with E-state index in [0.29, 0.717) is 12.1 Å². The molecule has 220 valence electrons. The number of nitrogens with zero attached hydrogens (tertiary/aromatic N) is 6. The van der Waals surface area contributed by atoms with Gasteiger partial charge in [0.15, 0.2) is 5.69 Å². The minimum atomic E-state index is -4.43. The van der Waals surface area contributed by atoms with Gasteiger partial charge in [0.2, 0.25) is 11.8 Å². The Balaban J connectivity index is 1.26. The normalized spacial score (nSPS) is 25.6. The van der Waals surface area contributed by atoms with E-state index in [1.807, 2.05) is 0 Å². The lowest BCUT2D eigenvalue weighted by molar-refractivity contribution is -0.183. The number of aromatic nitrogens is 6. The number of amides is 2. The fraction of sp³-hybridized carbons (Fsp3) is 0.640. The minimum Gasteiger partial charge on any atom is -0.355 e. The number of alkyl halides is 5. The van der Waals surface area contributed by atoms with Crippen molar-refractivity contribution in [2.45, 2.75) is 75.4 Å². The maximum absolute atomic E-state index is 14.4. The summed E-state index contributed by atoms with van der Waals surface area (Å²) < 4.78 is 74.6. The van der Waals surface area contributed by atoms with Gasteiger partial charge in [-0.25, -0.2) is 27.9 Å². The summed E-state index contributed by atoms with van der Waals surface area (Å²) in [5.74, 6) is -7.09. The Morgan fingerprint density at radius 3 is 2.78 bits per heavy atom. The van der Waals surface area contributed by atoms with Gasteiger partial charge in [0.25, 0.3) is 11.7 Å². The summed E-state index contributed by atoms with van der Waals surface area (Å²) in [6.07, 6.45) is -0.432. The molecule has 0 bridgehead atoms. The highest BCUT2D eigenvalue weighted by Crippen LogP contribution is 2.43. The predicted molar refractivity (Wildman–Crippen MR) is 129 cm³/mol. The number of carbonyl (C=O) groups excluding carboxylic acids is 2. The molecule has 0 spiro atoms. The molecule has 2 amide bonds. The number of hydrogen-bond acceptors (Lipinski definition) is 8. The molecule has 0 radical (unpaired) electrons. The van der Waals surface area contributed by atoms with E-state index in [2.05, 4.69) is 36.0 Å². The minimum absolute atomic E-state index is 0.00490. The van der Waals surface area contributed by atoms with Gasteiger partial charge in [-0.2, -0.15) is 18.3 Å². The van der Waals surface area contributed by atoms with Crippen LogP contribution in [-0.4, -0.2) is 60.4 Å². The summed E-state index contributed by atoms with van der Waals surface area (Å²) in [5, 5.41) is 17.1. The predicted octanol–water partition coefficient (Wildman–Crippen LogP) is 3.54. The molecular formula is C25H27F5N8O3. The van der Waals surface area contributed by atoms with Crippen LogP contribution in [-0.2, 0) is 11.2 Å². The van der Waals surface area contributed by atoms with E-state index in [9.17, 15) is 31.5 Å². The van der Waals surface area contributed by atoms with E-state index in [4.69, 9.17) is 4.63 Å². The summed E-state index contributed by atoms with van der Waals surface area (Å²) in [7, 11) is 0. The van der Waals surface area contributed by atoms with Gasteiger partial charge in [-0.1, -0.05) is 5.16 Å². The van der Waals surface area contributed by atoms with Gasteiger partial charge in [-0.3, -0.25) is 9.59 Å². The van der Waals surface area contributed by atoms with Crippen LogP contribution in [0.2, 0.25) is 0 Å². The standard InChI is InChI=1S/C25H27F5N8O3/c26-24(27)5-1-2-13(8-24)18(34-22(40)20-19(12-3-4-12)36-41-37-20)17-11-38-23(33-17)32-10-16(35-38)7-14-6-15(25(28,29)30)9-31-21(14)39/h10-15,18H,1-9H2,(H,31,39)(H,34,40)/t13-,14-,15-,18+/m1/s1. The topological polar surface area (TPSA) is 140 Å². The van der Waals surface area contributed by atoms with Crippen LogP contribution >= 0.6 is 0 Å². The first-order chi connectivity index (χ1) is 19.5. The monoisotopic (exact) mass is 582 g/mol. The SMILES string of the molecule is O=C(N[C@H](c1cn2nc(C[C@H]3C[C@@H](C(F)(F)F)CNC3=O)cnc2n1)[C@@H]1CCCC(F)(F)C1)c1nonc1C1CC1. The molecule has 0 unspecified atom stereocenters. The van der Waals surface area contributed by atoms with Crippen molar-refractivity contribution in [3.63, 3.8) is 0 Å². The van der Waals surface area contributed by atoms with E-state index < -0.39 is 60.7 Å². The number of piperidine rings is 1. The second-order valence-corrected chi connectivity index (χ2v) is 11.2. The highest BCUT2D eigenvalue weighted by Gasteiger charge is 2.45. The molecule has 4 atom stereocenters. The second-order valence-electron chi connectivity index (χ2n) is 11.2. The van der Waals surface area contributed by atoms with Crippen molar-refractivity contribution in [3.05, 3.63) is 35.2 Å². The van der Waals surface area contributed by atoms with Crippen LogP contribution in [0.4, 0.5) is 22.0 Å². The third kappa shape index (κ3) is 5.86. The van der Waals surface area contributed by atoms with Crippen molar-refractivity contribution < 1.29 is 36.2 Å². The molecule has 3 aliphatic rings. The van der Waals surface area contributed by atoms with E-state index in [1.165, 1.54) is 16.9 Å². The van der Waals surface area contributed by atoms with Crippen molar-refractivity contribution in [1.82, 2.24) is 40.5 Å². The highest BCUT2D eigenvalue weighted by atomic mass is 19.4. The Morgan fingerprint density at radius 1 is 1.24 bits per heavy atom. The quantitative estimate of drug-likeness (QED) is 0.403. The maximum Gasteiger partial charge on any atom is 0.393 e. The van der Waals surface area contributed by atoms with Gasteiger partial charge in [-0.05, 0) is 43.2 Å². The molecule has 41 heavy (non-hydrogen) atoms. The van der Waals surface area contributed by atoms with Crippen molar-refractivity contribution in [1.29, 1.82) is 0 Å². The number of carbonyl (C=O) groups is 2. The first-order valence-electron chi connectivity index (χ1n) is 13.5. The molecule has 3 fully saturated rings. The fourth-order valence-corrected chi connectivity index (χ4v) is 5.78. The number of imidazole rings is 1. The van der Waals surface area contributed by atoms with Crippen molar-refractivity contribution in [2.24, 2.45) is 17.8 Å². The van der Waals surface area contributed by atoms with Gasteiger partial charge >= 0.3 is 6.18 Å². The van der Waals surface area contributed by atoms with Crippen LogP contribution in [0.25, 0.3) is 5.78 Å². The zero-order valence-electron chi connectivity index (χ0n) is 21.7. The molecule has 6 rings (SSSR count). The summed E-state index contributed by atoms with van der Waals surface area (Å²) in [4.78, 5) is 34.1. The molecule has 1 aliphatic heterocycles. The first kappa shape index (κ1) is 27.4. The lowest BCUT2D eigenvalue weighted by atomic mass is 9.80. The third-order valence-electron chi connectivity index (χ3n) is 8.08. The van der Waals surface area contributed by atoms with Gasteiger partial charge < -0.3 is 10.6 Å². The Hall–Kier alpha value is -3.72. The summed E-state index contributed by atoms with van der Waals surface area (Å²) in [6, 6.07) is -0.930. The Bertz CT molecular complexity index is 1450. The number of nitrogens with one attached hydrogen (secondary N) is 2. The van der Waals surface area contributed by atoms with Crippen molar-refractivity contribution in [2.75, 3.05) is 6.54 Å². The maximum atomic E-state index is 14.4. The van der Waals surface area contributed by atoms with E-state index in [0.717, 1.165) is 12.8 Å². The van der Waals surface area contributed by atoms with Crippen molar-refractivity contribution in [3.8, 4) is 0 Å². The zero-order chi connectivity index (χ0) is 28.9. The summed E-state index contributed by atoms with van der Waals surface area (Å²) in [6.45, 7) is -0.464. The average Bonchev–Trinajstić information content (AvgIpc) is 3.47. The van der Waals surface area contributed by atoms with Crippen LogP contribution in [0, 0.1) is 17.8 Å². The lowest BCUT2D eigenvalue weighted by Gasteiger charge is -2.33. The molecule has 1 saturated heterocycles. The number of hydrogen-bond donors (Lipinski definition) is 2. The molecule has 16 heteroatoms. The lowest BCUT2D eigenvalue weighted by Crippen LogP contribution is -2.47. The number of rotatable bonds is 7. The van der Waals surface area contributed by atoms with E-state index in [-0.39, 0.29) is 54.5 Å². The molecule has 4 heterocycles. The molecular weight excluding hydrogens is 555 g/mol. The molecule has 3 aromatic heterocycles. The Labute approximate surface area is 229 Å². The van der Waals surface area contributed by atoms with Crippen LogP contribution in [0.3, 0.4) is 0 Å². The van der Waals surface area contributed by atoms with Crippen molar-refractivity contribution >= 4 is 17.6 Å². The molecule has 0 aromatic carbocycles. The Morgan fingerprint density at radius 2 is 2.05 bits per heavy atom. The fourth-order valence-electron chi connectivity index (χ4n) is 5.78. The van der Waals surface area contributed by atoms with Crippen LogP contribution in [0.5, 0.6) is 0 Å². The van der Waals surface area contributed by atoms with Crippen LogP contribution in [0.1, 0.15) is 84.5 Å². The van der Waals surface area contributed by atoms with Crippen LogP contribution in [0.15, 0.2) is 17.0 Å². The largest absolute Gasteiger partial charge is 0.393 e. The molecule has 2 N–H and O–H groups in total. The second kappa shape index (κ2) is 10.3. The third-order valence-corrected chi connectivity index (χ3v) is 8.08. The van der Waals surface area contributed by atoms with Gasteiger partial charge in [0.05, 0.1) is 35.7 Å². The summed E-state index contributed by atoms with van der Waals surface area (Å²) >= 11 is 0. The molecule has 3 aromatic rings. The summed E-state index contributed by atoms with van der Waals surface area (Å²) in [5.41, 5.74) is 0.940. The van der Waals surface area contributed by atoms with Crippen LogP contribution < -0.4 is 10.6 Å². The molecule has 2 saturated carbocycles. The van der Waals surface area contributed by atoms with Gasteiger partial charge in [0.1, 0.15) is 5.69 Å². The highest BCUT2D eigenvalue weighted by molar-refractivity contribution is 5.93. The number of halogens is 5. The Kier molecular flexibility index (Phi) is 6.88. The molecule has 2 aliphatic carbocycles. The van der Waals surface area contributed by atoms with Gasteiger partial charge in [0, 0.05) is 37.6 Å². The van der Waals surface area contributed by atoms with E-state index >= 15 is 0 Å². The smallest absolute Gasteiger partial charge is 0.355 e. The number of fused-ring (bicyclic) bond motifs is 1. The van der Waals surface area contributed by atoms with E-state index in [1.54, 1.807) is 0 Å². The zero-order valence-corrected chi connectivity index (χ0v) is 21.7. The average molecular weight is 583 g/mol. The van der Waals surface area contributed by atoms with Gasteiger partial charge in [-0.15, -0.1) is 0 Å².